The van der Waals surface area contributed by atoms with Crippen LogP contribution in [0.5, 0.6) is 11.5 Å². The number of methoxy groups -OCH3 is 2. The smallest absolute Gasteiger partial charge is 0.418 e. The number of rotatable bonds is 7. The monoisotopic (exact) mass is 479 g/mol. The van der Waals surface area contributed by atoms with Crippen molar-refractivity contribution < 1.29 is 32.2 Å². The van der Waals surface area contributed by atoms with E-state index in [0.717, 1.165) is 17.2 Å². The third-order valence-electron chi connectivity index (χ3n) is 5.65. The van der Waals surface area contributed by atoms with Gasteiger partial charge in [-0.2, -0.15) is 13.2 Å². The topological polar surface area (TPSA) is 71.1 Å². The molecule has 0 spiro atoms. The van der Waals surface area contributed by atoms with Crippen LogP contribution in [0.25, 0.3) is 0 Å². The lowest BCUT2D eigenvalue weighted by atomic mass is 9.98. The first-order chi connectivity index (χ1) is 16.2. The van der Waals surface area contributed by atoms with Gasteiger partial charge in [0.15, 0.2) is 11.5 Å². The number of hydrogen-bond acceptors (Lipinski definition) is 4. The second-order valence-corrected chi connectivity index (χ2v) is 7.94. The maximum absolute atomic E-state index is 13.3. The number of benzene rings is 2. The van der Waals surface area contributed by atoms with Gasteiger partial charge in [0.1, 0.15) is 6.54 Å². The second kappa shape index (κ2) is 10.7. The van der Waals surface area contributed by atoms with Crippen LogP contribution in [0.15, 0.2) is 36.4 Å². The molecule has 7 nitrogen and oxygen atoms in total. The zero-order chi connectivity index (χ0) is 24.9. The molecule has 1 aliphatic rings. The Morgan fingerprint density at radius 3 is 2.35 bits per heavy atom. The summed E-state index contributed by atoms with van der Waals surface area (Å²) >= 11 is 0. The summed E-state index contributed by atoms with van der Waals surface area (Å²) in [6.45, 7) is 2.61. The van der Waals surface area contributed by atoms with Crippen molar-refractivity contribution in [3.63, 3.8) is 0 Å². The van der Waals surface area contributed by atoms with Crippen LogP contribution in [0.1, 0.15) is 30.0 Å². The van der Waals surface area contributed by atoms with Gasteiger partial charge < -0.3 is 24.6 Å². The molecular weight excluding hydrogens is 451 g/mol. The van der Waals surface area contributed by atoms with Gasteiger partial charge in [-0.25, -0.2) is 4.79 Å². The molecule has 0 fully saturated rings. The SMILES string of the molecule is CCCN(CC(=O)N1CCc2cc(OC)c(OC)cc2C1)C(=O)Nc1ccccc1C(F)(F)F. The number of amides is 3. The predicted octanol–water partition coefficient (Wildman–Crippen LogP) is 4.55. The largest absolute Gasteiger partial charge is 0.493 e. The van der Waals surface area contributed by atoms with Crippen LogP contribution >= 0.6 is 0 Å². The number of nitrogens with one attached hydrogen (secondary N) is 1. The number of carbonyl (C=O) groups excluding carboxylic acids is 2. The first-order valence-corrected chi connectivity index (χ1v) is 10.9. The van der Waals surface area contributed by atoms with Crippen molar-refractivity contribution in [1.29, 1.82) is 0 Å². The average Bonchev–Trinajstić information content (AvgIpc) is 2.81. The maximum Gasteiger partial charge on any atom is 0.418 e. The number of carbonyl (C=O) groups is 2. The molecule has 0 saturated heterocycles. The number of ether oxygens (including phenoxy) is 2. The van der Waals surface area contributed by atoms with E-state index in [0.29, 0.717) is 37.4 Å². The van der Waals surface area contributed by atoms with E-state index in [1.807, 2.05) is 19.1 Å². The summed E-state index contributed by atoms with van der Waals surface area (Å²) in [6, 6.07) is 7.73. The van der Waals surface area contributed by atoms with E-state index >= 15 is 0 Å². The number of alkyl halides is 3. The van der Waals surface area contributed by atoms with Crippen LogP contribution < -0.4 is 14.8 Å². The van der Waals surface area contributed by atoms with E-state index in [9.17, 15) is 22.8 Å². The first kappa shape index (κ1) is 25.2. The van der Waals surface area contributed by atoms with Crippen molar-refractivity contribution in [2.75, 3.05) is 39.2 Å². The van der Waals surface area contributed by atoms with Crippen molar-refractivity contribution in [2.45, 2.75) is 32.5 Å². The predicted molar refractivity (Wildman–Crippen MR) is 121 cm³/mol. The maximum atomic E-state index is 13.3. The molecular formula is C24H28F3N3O4. The molecule has 1 heterocycles. The Morgan fingerprint density at radius 1 is 1.09 bits per heavy atom. The minimum atomic E-state index is -4.61. The normalized spacial score (nSPS) is 13.2. The lowest BCUT2D eigenvalue weighted by Crippen LogP contribution is -2.46. The Balaban J connectivity index is 1.72. The zero-order valence-corrected chi connectivity index (χ0v) is 19.4. The van der Waals surface area contributed by atoms with E-state index in [-0.39, 0.29) is 24.7 Å². The molecule has 0 bridgehead atoms. The van der Waals surface area contributed by atoms with Gasteiger partial charge in [-0.1, -0.05) is 19.1 Å². The summed E-state index contributed by atoms with van der Waals surface area (Å²) in [5.74, 6) is 0.893. The van der Waals surface area contributed by atoms with Crippen molar-refractivity contribution in [3.05, 3.63) is 53.1 Å². The molecule has 0 aromatic heterocycles. The number of para-hydroxylation sites is 1. The molecule has 3 rings (SSSR count). The standard InChI is InChI=1S/C24H28F3N3O4/c1-4-10-30(23(32)28-19-8-6-5-7-18(19)24(25,26)27)15-22(31)29-11-9-16-12-20(33-2)21(34-3)13-17(16)14-29/h5-8,12-13H,4,9-11,14-15H2,1-3H3,(H,28,32). The van der Waals surface area contributed by atoms with E-state index < -0.39 is 17.8 Å². The lowest BCUT2D eigenvalue weighted by Gasteiger charge is -2.32. The van der Waals surface area contributed by atoms with E-state index in [2.05, 4.69) is 5.32 Å². The van der Waals surface area contributed by atoms with Crippen LogP contribution in [-0.4, -0.2) is 55.6 Å². The van der Waals surface area contributed by atoms with Crippen molar-refractivity contribution in [1.82, 2.24) is 9.80 Å². The van der Waals surface area contributed by atoms with Crippen molar-refractivity contribution >= 4 is 17.6 Å². The third kappa shape index (κ3) is 5.73. The summed E-state index contributed by atoms with van der Waals surface area (Å²) in [5, 5.41) is 2.32. The van der Waals surface area contributed by atoms with Crippen LogP contribution in [-0.2, 0) is 23.9 Å². The molecule has 0 aliphatic carbocycles. The molecule has 0 radical (unpaired) electrons. The van der Waals surface area contributed by atoms with Gasteiger partial charge in [0.2, 0.25) is 5.91 Å². The molecule has 10 heteroatoms. The van der Waals surface area contributed by atoms with Gasteiger partial charge in [-0.05, 0) is 48.2 Å². The summed E-state index contributed by atoms with van der Waals surface area (Å²) in [5.41, 5.74) is 0.682. The first-order valence-electron chi connectivity index (χ1n) is 10.9. The molecule has 0 unspecified atom stereocenters. The van der Waals surface area contributed by atoms with Crippen LogP contribution in [0.4, 0.5) is 23.7 Å². The van der Waals surface area contributed by atoms with Crippen molar-refractivity contribution in [3.8, 4) is 11.5 Å². The quantitative estimate of drug-likeness (QED) is 0.633. The molecule has 0 saturated carbocycles. The summed E-state index contributed by atoms with van der Waals surface area (Å²) in [6.07, 6.45) is -3.46. The number of fused-ring (bicyclic) bond motifs is 1. The fourth-order valence-corrected chi connectivity index (χ4v) is 3.92. The number of halogens is 3. The Kier molecular flexibility index (Phi) is 7.90. The summed E-state index contributed by atoms with van der Waals surface area (Å²) < 4.78 is 50.5. The Morgan fingerprint density at radius 2 is 1.74 bits per heavy atom. The molecule has 1 aliphatic heterocycles. The van der Waals surface area contributed by atoms with Gasteiger partial charge in [0.25, 0.3) is 0 Å². The fourth-order valence-electron chi connectivity index (χ4n) is 3.92. The van der Waals surface area contributed by atoms with Gasteiger partial charge in [-0.3, -0.25) is 4.79 Å². The summed E-state index contributed by atoms with van der Waals surface area (Å²) in [4.78, 5) is 28.7. The van der Waals surface area contributed by atoms with Crippen LogP contribution in [0.2, 0.25) is 0 Å². The van der Waals surface area contributed by atoms with Crippen LogP contribution in [0.3, 0.4) is 0 Å². The molecule has 2 aromatic carbocycles. The lowest BCUT2D eigenvalue weighted by molar-refractivity contribution is -0.137. The zero-order valence-electron chi connectivity index (χ0n) is 19.4. The van der Waals surface area contributed by atoms with E-state index in [1.54, 1.807) is 12.0 Å². The highest BCUT2D eigenvalue weighted by molar-refractivity contribution is 5.93. The van der Waals surface area contributed by atoms with E-state index in [4.69, 9.17) is 9.47 Å². The number of hydrogen-bond donors (Lipinski definition) is 1. The van der Waals surface area contributed by atoms with Gasteiger partial charge in [-0.15, -0.1) is 0 Å². The Labute approximate surface area is 196 Å². The Hall–Kier alpha value is -3.43. The molecule has 2 aromatic rings. The summed E-state index contributed by atoms with van der Waals surface area (Å²) in [7, 11) is 3.09. The van der Waals surface area contributed by atoms with Gasteiger partial charge in [0, 0.05) is 19.6 Å². The van der Waals surface area contributed by atoms with Crippen LogP contribution in [0, 0.1) is 0 Å². The molecule has 3 amide bonds. The third-order valence-corrected chi connectivity index (χ3v) is 5.65. The number of anilines is 1. The number of urea groups is 1. The second-order valence-electron chi connectivity index (χ2n) is 7.94. The highest BCUT2D eigenvalue weighted by Gasteiger charge is 2.34. The van der Waals surface area contributed by atoms with Crippen molar-refractivity contribution in [2.24, 2.45) is 0 Å². The van der Waals surface area contributed by atoms with Gasteiger partial charge >= 0.3 is 12.2 Å². The molecule has 1 N–H and O–H groups in total. The minimum absolute atomic E-state index is 0.223. The van der Waals surface area contributed by atoms with Gasteiger partial charge in [0.05, 0.1) is 25.5 Å². The fraction of sp³-hybridized carbons (Fsp3) is 0.417. The minimum Gasteiger partial charge on any atom is -0.493 e. The molecule has 0 atom stereocenters. The highest BCUT2D eigenvalue weighted by atomic mass is 19.4. The molecule has 184 valence electrons. The average molecular weight is 479 g/mol. The Bertz CT molecular complexity index is 1040. The highest BCUT2D eigenvalue weighted by Crippen LogP contribution is 2.35. The van der Waals surface area contributed by atoms with E-state index in [1.165, 1.54) is 30.2 Å². The number of nitrogens with zero attached hydrogens (tertiary/aromatic N) is 2. The molecule has 34 heavy (non-hydrogen) atoms.